The second kappa shape index (κ2) is 6.63. The molecule has 1 aliphatic rings. The summed E-state index contributed by atoms with van der Waals surface area (Å²) in [6.07, 6.45) is 7.32. The van der Waals surface area contributed by atoms with Gasteiger partial charge in [0.2, 0.25) is 0 Å². The van der Waals surface area contributed by atoms with Gasteiger partial charge in [0.25, 0.3) is 0 Å². The Balaban J connectivity index is 1.47. The Morgan fingerprint density at radius 3 is 3.00 bits per heavy atom. The van der Waals surface area contributed by atoms with Gasteiger partial charge in [0.05, 0.1) is 19.2 Å². The van der Waals surface area contributed by atoms with E-state index in [-0.39, 0.29) is 6.10 Å². The number of hydrogen-bond donors (Lipinski definition) is 0. The molecule has 2 aromatic heterocycles. The van der Waals surface area contributed by atoms with Crippen LogP contribution in [-0.2, 0) is 11.3 Å². The second-order valence-electron chi connectivity index (χ2n) is 6.19. The van der Waals surface area contributed by atoms with Crippen LogP contribution in [0.3, 0.4) is 0 Å². The number of hydrogen-bond acceptors (Lipinski definition) is 4. The highest BCUT2D eigenvalue weighted by Gasteiger charge is 2.24. The molecule has 1 saturated heterocycles. The monoisotopic (exact) mass is 323 g/mol. The summed E-state index contributed by atoms with van der Waals surface area (Å²) >= 11 is 0. The van der Waals surface area contributed by atoms with Gasteiger partial charge < -0.3 is 13.7 Å². The lowest BCUT2D eigenvalue weighted by Gasteiger charge is -2.32. The minimum atomic E-state index is 0.0271. The van der Waals surface area contributed by atoms with E-state index in [1.807, 2.05) is 29.2 Å². The van der Waals surface area contributed by atoms with Crippen molar-refractivity contribution < 1.29 is 9.15 Å². The molecular weight excluding hydrogens is 302 g/mol. The molecule has 3 heterocycles. The standard InChI is InChI=1S/C19H21N3O2/c1-15-11-17(22-7-6-20-14-22)5-4-16(15)12-21-8-10-24-19(13-21)18-3-2-9-23-18/h2-7,9,11,14,19H,8,10,12-13H2,1H3. The lowest BCUT2D eigenvalue weighted by atomic mass is 10.1. The van der Waals surface area contributed by atoms with Crippen molar-refractivity contribution in [3.8, 4) is 5.69 Å². The van der Waals surface area contributed by atoms with Gasteiger partial charge in [0.15, 0.2) is 0 Å². The molecule has 0 aliphatic carbocycles. The van der Waals surface area contributed by atoms with E-state index in [1.54, 1.807) is 12.5 Å². The van der Waals surface area contributed by atoms with Crippen LogP contribution < -0.4 is 0 Å². The van der Waals surface area contributed by atoms with Gasteiger partial charge in [0.1, 0.15) is 11.9 Å². The third-order valence-electron chi connectivity index (χ3n) is 4.53. The van der Waals surface area contributed by atoms with Crippen molar-refractivity contribution in [3.63, 3.8) is 0 Å². The van der Waals surface area contributed by atoms with Crippen molar-refractivity contribution in [2.45, 2.75) is 19.6 Å². The van der Waals surface area contributed by atoms with Crippen LogP contribution in [-0.4, -0.2) is 34.1 Å². The summed E-state index contributed by atoms with van der Waals surface area (Å²) in [4.78, 5) is 6.54. The first-order valence-electron chi connectivity index (χ1n) is 8.25. The van der Waals surface area contributed by atoms with E-state index in [4.69, 9.17) is 9.15 Å². The average Bonchev–Trinajstić information content (AvgIpc) is 3.31. The molecule has 0 spiro atoms. The number of imidazole rings is 1. The van der Waals surface area contributed by atoms with Crippen LogP contribution in [0.25, 0.3) is 5.69 Å². The highest BCUT2D eigenvalue weighted by atomic mass is 16.5. The molecule has 5 nitrogen and oxygen atoms in total. The molecule has 1 unspecified atom stereocenters. The number of nitrogens with zero attached hydrogens (tertiary/aromatic N) is 3. The van der Waals surface area contributed by atoms with Crippen molar-refractivity contribution in [1.82, 2.24) is 14.5 Å². The molecule has 1 fully saturated rings. The molecule has 124 valence electrons. The predicted octanol–water partition coefficient (Wildman–Crippen LogP) is 3.35. The van der Waals surface area contributed by atoms with Crippen molar-refractivity contribution in [2.75, 3.05) is 19.7 Å². The summed E-state index contributed by atoms with van der Waals surface area (Å²) in [5.41, 5.74) is 3.78. The number of morpholine rings is 1. The van der Waals surface area contributed by atoms with Gasteiger partial charge >= 0.3 is 0 Å². The van der Waals surface area contributed by atoms with Gasteiger partial charge in [-0.15, -0.1) is 0 Å². The number of aryl methyl sites for hydroxylation is 1. The van der Waals surface area contributed by atoms with Gasteiger partial charge in [-0.1, -0.05) is 6.07 Å². The summed E-state index contributed by atoms with van der Waals surface area (Å²) < 4.78 is 13.4. The maximum Gasteiger partial charge on any atom is 0.133 e. The minimum absolute atomic E-state index is 0.0271. The maximum atomic E-state index is 5.84. The van der Waals surface area contributed by atoms with E-state index in [2.05, 4.69) is 35.0 Å². The normalized spacial score (nSPS) is 18.8. The molecule has 0 N–H and O–H groups in total. The Kier molecular flexibility index (Phi) is 4.19. The molecule has 0 radical (unpaired) electrons. The predicted molar refractivity (Wildman–Crippen MR) is 91.0 cm³/mol. The summed E-state index contributed by atoms with van der Waals surface area (Å²) in [5.74, 6) is 0.909. The topological polar surface area (TPSA) is 43.4 Å². The summed E-state index contributed by atoms with van der Waals surface area (Å²) in [5, 5.41) is 0. The van der Waals surface area contributed by atoms with Gasteiger partial charge in [-0.25, -0.2) is 4.98 Å². The van der Waals surface area contributed by atoms with E-state index in [1.165, 1.54) is 11.1 Å². The molecule has 4 rings (SSSR count). The smallest absolute Gasteiger partial charge is 0.133 e. The van der Waals surface area contributed by atoms with Crippen LogP contribution in [0.1, 0.15) is 23.0 Å². The second-order valence-corrected chi connectivity index (χ2v) is 6.19. The van der Waals surface area contributed by atoms with Gasteiger partial charge in [-0.05, 0) is 42.3 Å². The zero-order valence-electron chi connectivity index (χ0n) is 13.8. The van der Waals surface area contributed by atoms with Crippen LogP contribution in [0.4, 0.5) is 0 Å². The van der Waals surface area contributed by atoms with Crippen LogP contribution in [0, 0.1) is 6.92 Å². The van der Waals surface area contributed by atoms with Gasteiger partial charge in [0, 0.05) is 37.7 Å². The van der Waals surface area contributed by atoms with Crippen LogP contribution in [0.15, 0.2) is 59.7 Å². The summed E-state index contributed by atoms with van der Waals surface area (Å²) in [7, 11) is 0. The van der Waals surface area contributed by atoms with E-state index < -0.39 is 0 Å². The van der Waals surface area contributed by atoms with Crippen LogP contribution >= 0.6 is 0 Å². The summed E-state index contributed by atoms with van der Waals surface area (Å²) in [6.45, 7) is 5.63. The molecule has 1 atom stereocenters. The minimum Gasteiger partial charge on any atom is -0.467 e. The third kappa shape index (κ3) is 3.13. The Labute approximate surface area is 141 Å². The third-order valence-corrected chi connectivity index (χ3v) is 4.53. The van der Waals surface area contributed by atoms with Crippen molar-refractivity contribution in [2.24, 2.45) is 0 Å². The zero-order valence-corrected chi connectivity index (χ0v) is 13.8. The Morgan fingerprint density at radius 1 is 1.29 bits per heavy atom. The summed E-state index contributed by atoms with van der Waals surface area (Å²) in [6, 6.07) is 10.5. The van der Waals surface area contributed by atoms with Crippen molar-refractivity contribution in [3.05, 3.63) is 72.2 Å². The first kappa shape index (κ1) is 15.2. The molecule has 24 heavy (non-hydrogen) atoms. The largest absolute Gasteiger partial charge is 0.467 e. The lowest BCUT2D eigenvalue weighted by molar-refractivity contribution is -0.0428. The van der Waals surface area contributed by atoms with Gasteiger partial charge in [-0.3, -0.25) is 4.90 Å². The lowest BCUT2D eigenvalue weighted by Crippen LogP contribution is -2.37. The molecule has 0 amide bonds. The number of ether oxygens (including phenoxy) is 1. The zero-order chi connectivity index (χ0) is 16.4. The number of furan rings is 1. The Bertz CT molecular complexity index is 781. The average molecular weight is 323 g/mol. The Hall–Kier alpha value is -2.37. The van der Waals surface area contributed by atoms with E-state index in [9.17, 15) is 0 Å². The quantitative estimate of drug-likeness (QED) is 0.738. The molecule has 1 aliphatic heterocycles. The highest BCUT2D eigenvalue weighted by molar-refractivity contribution is 5.40. The van der Waals surface area contributed by atoms with E-state index in [0.717, 1.165) is 37.7 Å². The van der Waals surface area contributed by atoms with Crippen molar-refractivity contribution >= 4 is 0 Å². The van der Waals surface area contributed by atoms with Gasteiger partial charge in [-0.2, -0.15) is 0 Å². The molecule has 0 saturated carbocycles. The fourth-order valence-electron chi connectivity index (χ4n) is 3.16. The Morgan fingerprint density at radius 2 is 2.25 bits per heavy atom. The first-order chi connectivity index (χ1) is 11.8. The first-order valence-corrected chi connectivity index (χ1v) is 8.25. The highest BCUT2D eigenvalue weighted by Crippen LogP contribution is 2.24. The van der Waals surface area contributed by atoms with Crippen LogP contribution in [0.2, 0.25) is 0 Å². The molecule has 1 aromatic carbocycles. The number of rotatable bonds is 4. The number of aromatic nitrogens is 2. The van der Waals surface area contributed by atoms with Crippen molar-refractivity contribution in [1.29, 1.82) is 0 Å². The SMILES string of the molecule is Cc1cc(-n2ccnc2)ccc1CN1CCOC(c2ccco2)C1. The molecule has 0 bridgehead atoms. The number of benzene rings is 1. The van der Waals surface area contributed by atoms with Crippen LogP contribution in [0.5, 0.6) is 0 Å². The molecular formula is C19H21N3O2. The fraction of sp³-hybridized carbons (Fsp3) is 0.316. The molecule has 3 aromatic rings. The van der Waals surface area contributed by atoms with E-state index in [0.29, 0.717) is 0 Å². The van der Waals surface area contributed by atoms with E-state index >= 15 is 0 Å². The fourth-order valence-corrected chi connectivity index (χ4v) is 3.16. The molecule has 5 heteroatoms. The maximum absolute atomic E-state index is 5.84.